The molecule has 0 aliphatic heterocycles. The van der Waals surface area contributed by atoms with Crippen molar-refractivity contribution < 1.29 is 4.42 Å². The number of nitrogen functional groups attached to an aromatic ring is 1. The van der Waals surface area contributed by atoms with Crippen molar-refractivity contribution in [3.8, 4) is 11.3 Å². The highest BCUT2D eigenvalue weighted by Crippen LogP contribution is 2.33. The molecule has 0 radical (unpaired) electrons. The predicted octanol–water partition coefficient (Wildman–Crippen LogP) is 3.11. The summed E-state index contributed by atoms with van der Waals surface area (Å²) in [6.45, 7) is 5.94. The van der Waals surface area contributed by atoms with Crippen LogP contribution in [0.5, 0.6) is 0 Å². The van der Waals surface area contributed by atoms with Gasteiger partial charge in [0, 0.05) is 18.5 Å². The fourth-order valence-corrected chi connectivity index (χ4v) is 2.75. The monoisotopic (exact) mass is 308 g/mol. The first-order valence-corrected chi connectivity index (χ1v) is 7.41. The van der Waals surface area contributed by atoms with Crippen LogP contribution in [0.15, 0.2) is 28.9 Å². The Morgan fingerprint density at radius 2 is 2.04 bits per heavy atom. The van der Waals surface area contributed by atoms with Crippen LogP contribution >= 0.6 is 0 Å². The third-order valence-electron chi connectivity index (χ3n) is 3.78. The fourth-order valence-electron chi connectivity index (χ4n) is 2.75. The molecule has 0 unspecified atom stereocenters. The van der Waals surface area contributed by atoms with Crippen molar-refractivity contribution >= 4 is 28.0 Å². The number of anilines is 1. The van der Waals surface area contributed by atoms with E-state index in [-0.39, 0.29) is 6.04 Å². The average Bonchev–Trinajstić information content (AvgIpc) is 3.06. The summed E-state index contributed by atoms with van der Waals surface area (Å²) in [5, 5.41) is 5.47. The molecule has 0 atom stereocenters. The Kier molecular flexibility index (Phi) is 2.84. The van der Waals surface area contributed by atoms with Crippen LogP contribution < -0.4 is 5.73 Å². The highest BCUT2D eigenvalue weighted by molar-refractivity contribution is 5.99. The number of hydrogen-bond acceptors (Lipinski definition) is 6. The number of hydrogen-bond donors (Lipinski definition) is 1. The van der Waals surface area contributed by atoms with Crippen LogP contribution in [0, 0.1) is 6.92 Å². The minimum absolute atomic E-state index is 0.165. The minimum atomic E-state index is 0.165. The van der Waals surface area contributed by atoms with E-state index in [1.807, 2.05) is 29.8 Å². The van der Waals surface area contributed by atoms with Crippen LogP contribution in [-0.2, 0) is 0 Å². The van der Waals surface area contributed by atoms with Crippen LogP contribution in [0.3, 0.4) is 0 Å². The summed E-state index contributed by atoms with van der Waals surface area (Å²) in [5.74, 6) is 1.06. The van der Waals surface area contributed by atoms with Crippen LogP contribution in [0.4, 0.5) is 5.82 Å². The maximum Gasteiger partial charge on any atom is 0.192 e. The number of aromatic nitrogens is 5. The lowest BCUT2D eigenvalue weighted by Crippen LogP contribution is -2.04. The molecule has 3 heterocycles. The molecule has 0 saturated heterocycles. The number of aryl methyl sites for hydroxylation is 1. The summed E-state index contributed by atoms with van der Waals surface area (Å²) in [6.07, 6.45) is 1.46. The van der Waals surface area contributed by atoms with Gasteiger partial charge < -0.3 is 10.2 Å². The topological polar surface area (TPSA) is 95.7 Å². The summed E-state index contributed by atoms with van der Waals surface area (Å²) < 4.78 is 7.39. The first kappa shape index (κ1) is 13.7. The van der Waals surface area contributed by atoms with Gasteiger partial charge in [-0.1, -0.05) is 0 Å². The van der Waals surface area contributed by atoms with E-state index in [1.54, 1.807) is 0 Å². The van der Waals surface area contributed by atoms with Gasteiger partial charge >= 0.3 is 0 Å². The lowest BCUT2D eigenvalue weighted by atomic mass is 10.1. The number of oxazole rings is 1. The molecule has 4 rings (SSSR count). The zero-order valence-electron chi connectivity index (χ0n) is 13.1. The van der Waals surface area contributed by atoms with Gasteiger partial charge in [-0.25, -0.2) is 19.6 Å². The summed E-state index contributed by atoms with van der Waals surface area (Å²) in [5.41, 5.74) is 10.0. The average molecular weight is 308 g/mol. The Hall–Kier alpha value is -2.96. The highest BCUT2D eigenvalue weighted by atomic mass is 16.3. The molecular formula is C16H16N6O. The van der Waals surface area contributed by atoms with Crippen LogP contribution in [0.1, 0.15) is 25.8 Å². The van der Waals surface area contributed by atoms with E-state index in [2.05, 4.69) is 28.8 Å². The van der Waals surface area contributed by atoms with Gasteiger partial charge in [-0.2, -0.15) is 5.10 Å². The molecule has 7 nitrogen and oxygen atoms in total. The maximum atomic E-state index is 6.09. The van der Waals surface area contributed by atoms with Crippen molar-refractivity contribution in [1.29, 1.82) is 0 Å². The van der Waals surface area contributed by atoms with E-state index in [0.29, 0.717) is 11.7 Å². The van der Waals surface area contributed by atoms with E-state index in [0.717, 1.165) is 33.4 Å². The van der Waals surface area contributed by atoms with Gasteiger partial charge in [0.2, 0.25) is 0 Å². The van der Waals surface area contributed by atoms with Crippen molar-refractivity contribution in [2.75, 3.05) is 5.73 Å². The quantitative estimate of drug-likeness (QED) is 0.611. The van der Waals surface area contributed by atoms with Crippen molar-refractivity contribution in [1.82, 2.24) is 24.7 Å². The van der Waals surface area contributed by atoms with Gasteiger partial charge in [0.15, 0.2) is 17.1 Å². The second kappa shape index (κ2) is 4.77. The predicted molar refractivity (Wildman–Crippen MR) is 87.9 cm³/mol. The second-order valence-corrected chi connectivity index (χ2v) is 5.76. The molecule has 116 valence electrons. The Balaban J connectivity index is 2.03. The molecule has 4 aromatic rings. The van der Waals surface area contributed by atoms with E-state index >= 15 is 0 Å². The van der Waals surface area contributed by atoms with E-state index in [9.17, 15) is 0 Å². The fraction of sp³-hybridized carbons (Fsp3) is 0.250. The molecule has 3 aromatic heterocycles. The zero-order chi connectivity index (χ0) is 16.1. The summed E-state index contributed by atoms with van der Waals surface area (Å²) in [4.78, 5) is 12.8. The van der Waals surface area contributed by atoms with Gasteiger partial charge in [0.1, 0.15) is 23.4 Å². The smallest absolute Gasteiger partial charge is 0.192 e. The molecule has 0 spiro atoms. The van der Waals surface area contributed by atoms with Crippen molar-refractivity contribution in [3.05, 3.63) is 30.4 Å². The molecule has 23 heavy (non-hydrogen) atoms. The molecule has 2 N–H and O–H groups in total. The summed E-state index contributed by atoms with van der Waals surface area (Å²) >= 11 is 0. The van der Waals surface area contributed by atoms with Crippen molar-refractivity contribution in [2.24, 2.45) is 0 Å². The van der Waals surface area contributed by atoms with Crippen LogP contribution in [-0.4, -0.2) is 24.7 Å². The molecular weight excluding hydrogens is 292 g/mol. The van der Waals surface area contributed by atoms with Crippen molar-refractivity contribution in [3.63, 3.8) is 0 Å². The number of rotatable bonds is 2. The molecule has 0 saturated carbocycles. The number of nitrogens with two attached hydrogens (primary N) is 1. The second-order valence-electron chi connectivity index (χ2n) is 5.76. The van der Waals surface area contributed by atoms with E-state index < -0.39 is 0 Å². The largest absolute Gasteiger partial charge is 0.441 e. The first-order chi connectivity index (χ1) is 11.0. The molecule has 7 heteroatoms. The Labute approximate surface area is 132 Å². The van der Waals surface area contributed by atoms with Gasteiger partial charge in [-0.3, -0.25) is 0 Å². The van der Waals surface area contributed by atoms with Gasteiger partial charge in [0.25, 0.3) is 0 Å². The lowest BCUT2D eigenvalue weighted by molar-refractivity contribution is 0.548. The summed E-state index contributed by atoms with van der Waals surface area (Å²) in [7, 11) is 0. The van der Waals surface area contributed by atoms with Crippen LogP contribution in [0.2, 0.25) is 0 Å². The maximum absolute atomic E-state index is 6.09. The Morgan fingerprint density at radius 3 is 2.83 bits per heavy atom. The molecule has 0 amide bonds. The third-order valence-corrected chi connectivity index (χ3v) is 3.78. The zero-order valence-corrected chi connectivity index (χ0v) is 13.1. The number of fused-ring (bicyclic) bond motifs is 2. The van der Waals surface area contributed by atoms with Gasteiger partial charge in [0.05, 0.1) is 5.39 Å². The molecule has 0 aliphatic carbocycles. The molecule has 0 fully saturated rings. The first-order valence-electron chi connectivity index (χ1n) is 7.41. The Morgan fingerprint density at radius 1 is 1.22 bits per heavy atom. The van der Waals surface area contributed by atoms with Gasteiger partial charge in [-0.05, 0) is 32.0 Å². The van der Waals surface area contributed by atoms with Crippen LogP contribution in [0.25, 0.3) is 33.4 Å². The minimum Gasteiger partial charge on any atom is -0.441 e. The Bertz CT molecular complexity index is 1030. The number of nitrogens with zero attached hydrogens (tertiary/aromatic N) is 5. The highest BCUT2D eigenvalue weighted by Gasteiger charge is 2.19. The lowest BCUT2D eigenvalue weighted by Gasteiger charge is -2.05. The molecule has 1 aromatic carbocycles. The molecule has 0 bridgehead atoms. The number of benzene rings is 1. The normalized spacial score (nSPS) is 11.8. The molecule has 0 aliphatic rings. The van der Waals surface area contributed by atoms with E-state index in [1.165, 1.54) is 6.33 Å². The standard InChI is InChI=1S/C16H16N6O/c1-8(2)22-16-13(15(17)18-7-19-16)14(21-22)10-4-5-12-11(6-10)20-9(3)23-12/h4-8H,1-3H3,(H2,17,18,19). The third kappa shape index (κ3) is 2.04. The SMILES string of the molecule is Cc1nc2cc(-c3nn(C(C)C)c4ncnc(N)c34)ccc2o1. The summed E-state index contributed by atoms with van der Waals surface area (Å²) in [6, 6.07) is 5.96. The van der Waals surface area contributed by atoms with Gasteiger partial charge in [-0.15, -0.1) is 0 Å². The van der Waals surface area contributed by atoms with Crippen molar-refractivity contribution in [2.45, 2.75) is 26.8 Å². The van der Waals surface area contributed by atoms with E-state index in [4.69, 9.17) is 15.2 Å².